The van der Waals surface area contributed by atoms with Gasteiger partial charge in [0.05, 0.1) is 5.69 Å². The summed E-state index contributed by atoms with van der Waals surface area (Å²) in [5, 5.41) is 2.75. The van der Waals surface area contributed by atoms with E-state index in [0.717, 1.165) is 10.0 Å². The van der Waals surface area contributed by atoms with Crippen LogP contribution in [0.15, 0.2) is 34.4 Å². The number of anilines is 1. The molecule has 0 radical (unpaired) electrons. The van der Waals surface area contributed by atoms with Gasteiger partial charge >= 0.3 is 0 Å². The standard InChI is InChI=1S/C12H12BrN3O2/c1-7-2-3-9(8(13)6-7)14-12(18)10-4-5-11(17)16-15-10/h2-4,6,15H,5H2,1H3,(H,14,18)(H,16,17). The van der Waals surface area contributed by atoms with Crippen LogP contribution in [-0.2, 0) is 9.59 Å². The molecule has 0 spiro atoms. The van der Waals surface area contributed by atoms with Crippen LogP contribution in [0.2, 0.25) is 0 Å². The zero-order valence-electron chi connectivity index (χ0n) is 9.71. The Labute approximate surface area is 113 Å². The average molecular weight is 310 g/mol. The number of aryl methyl sites for hydroxylation is 1. The summed E-state index contributed by atoms with van der Waals surface area (Å²) < 4.78 is 0.816. The summed E-state index contributed by atoms with van der Waals surface area (Å²) in [5.74, 6) is -0.456. The molecule has 1 aromatic carbocycles. The van der Waals surface area contributed by atoms with Crippen molar-refractivity contribution < 1.29 is 9.59 Å². The average Bonchev–Trinajstić information content (AvgIpc) is 2.33. The molecule has 0 saturated heterocycles. The van der Waals surface area contributed by atoms with E-state index >= 15 is 0 Å². The Morgan fingerprint density at radius 1 is 1.39 bits per heavy atom. The second-order valence-corrected chi connectivity index (χ2v) is 4.79. The molecule has 0 bridgehead atoms. The highest BCUT2D eigenvalue weighted by Gasteiger charge is 2.15. The van der Waals surface area contributed by atoms with Gasteiger partial charge in [0, 0.05) is 10.9 Å². The van der Waals surface area contributed by atoms with E-state index in [9.17, 15) is 9.59 Å². The molecule has 1 heterocycles. The number of halogens is 1. The van der Waals surface area contributed by atoms with Crippen molar-refractivity contribution in [1.82, 2.24) is 10.9 Å². The lowest BCUT2D eigenvalue weighted by atomic mass is 10.2. The van der Waals surface area contributed by atoms with Crippen molar-refractivity contribution in [3.05, 3.63) is 40.0 Å². The molecular weight excluding hydrogens is 298 g/mol. The summed E-state index contributed by atoms with van der Waals surface area (Å²) >= 11 is 3.38. The molecule has 0 aromatic heterocycles. The second kappa shape index (κ2) is 5.22. The Morgan fingerprint density at radius 3 is 2.78 bits per heavy atom. The molecule has 0 atom stereocenters. The minimum absolute atomic E-state index is 0.164. The maximum atomic E-state index is 11.9. The molecule has 0 fully saturated rings. The van der Waals surface area contributed by atoms with E-state index in [1.807, 2.05) is 25.1 Å². The van der Waals surface area contributed by atoms with E-state index in [2.05, 4.69) is 32.1 Å². The summed E-state index contributed by atoms with van der Waals surface area (Å²) in [4.78, 5) is 22.8. The summed E-state index contributed by atoms with van der Waals surface area (Å²) in [6.07, 6.45) is 1.75. The molecule has 2 amide bonds. The molecule has 1 aromatic rings. The molecule has 5 nitrogen and oxygen atoms in total. The minimum Gasteiger partial charge on any atom is -0.320 e. The molecule has 6 heteroatoms. The van der Waals surface area contributed by atoms with E-state index in [0.29, 0.717) is 11.4 Å². The van der Waals surface area contributed by atoms with Gasteiger partial charge in [-0.2, -0.15) is 0 Å². The third kappa shape index (κ3) is 2.89. The van der Waals surface area contributed by atoms with Crippen LogP contribution in [0.5, 0.6) is 0 Å². The molecule has 2 rings (SSSR count). The van der Waals surface area contributed by atoms with Gasteiger partial charge in [0.25, 0.3) is 5.91 Å². The fourth-order valence-corrected chi connectivity index (χ4v) is 2.09. The number of benzene rings is 1. The maximum Gasteiger partial charge on any atom is 0.273 e. The van der Waals surface area contributed by atoms with E-state index in [4.69, 9.17) is 0 Å². The summed E-state index contributed by atoms with van der Waals surface area (Å²) in [6, 6.07) is 5.64. The van der Waals surface area contributed by atoms with Gasteiger partial charge in [-0.25, -0.2) is 0 Å². The molecular formula is C12H12BrN3O2. The Kier molecular flexibility index (Phi) is 3.66. The van der Waals surface area contributed by atoms with E-state index < -0.39 is 0 Å². The van der Waals surface area contributed by atoms with Crippen molar-refractivity contribution in [3.8, 4) is 0 Å². The van der Waals surface area contributed by atoms with Crippen LogP contribution in [0, 0.1) is 6.92 Å². The van der Waals surface area contributed by atoms with Gasteiger partial charge in [0.2, 0.25) is 5.91 Å². The van der Waals surface area contributed by atoms with Crippen molar-refractivity contribution in [1.29, 1.82) is 0 Å². The quantitative estimate of drug-likeness (QED) is 0.777. The predicted molar refractivity (Wildman–Crippen MR) is 71.5 cm³/mol. The monoisotopic (exact) mass is 309 g/mol. The van der Waals surface area contributed by atoms with Crippen LogP contribution in [0.4, 0.5) is 5.69 Å². The first-order chi connectivity index (χ1) is 8.56. The molecule has 94 valence electrons. The molecule has 0 saturated carbocycles. The number of nitrogens with one attached hydrogen (secondary N) is 3. The fraction of sp³-hybridized carbons (Fsp3) is 0.167. The lowest BCUT2D eigenvalue weighted by Gasteiger charge is -2.16. The van der Waals surface area contributed by atoms with Crippen molar-refractivity contribution in [2.45, 2.75) is 13.3 Å². The highest BCUT2D eigenvalue weighted by Crippen LogP contribution is 2.23. The van der Waals surface area contributed by atoms with Crippen molar-refractivity contribution >= 4 is 33.4 Å². The first kappa shape index (κ1) is 12.6. The van der Waals surface area contributed by atoms with Gasteiger partial charge in [0.1, 0.15) is 5.70 Å². The maximum absolute atomic E-state index is 11.9. The Morgan fingerprint density at radius 2 is 2.17 bits per heavy atom. The molecule has 3 N–H and O–H groups in total. The third-order valence-corrected chi connectivity index (χ3v) is 3.10. The molecule has 0 aliphatic carbocycles. The van der Waals surface area contributed by atoms with Crippen molar-refractivity contribution in [2.75, 3.05) is 5.32 Å². The molecule has 1 aliphatic rings. The second-order valence-electron chi connectivity index (χ2n) is 3.93. The fourth-order valence-electron chi connectivity index (χ4n) is 1.49. The number of carbonyl (C=O) groups excluding carboxylic acids is 2. The van der Waals surface area contributed by atoms with Crippen LogP contribution in [0.25, 0.3) is 0 Å². The van der Waals surface area contributed by atoms with Crippen LogP contribution >= 0.6 is 15.9 Å². The lowest BCUT2D eigenvalue weighted by molar-refractivity contribution is -0.121. The van der Waals surface area contributed by atoms with Gasteiger partial charge in [-0.05, 0) is 46.6 Å². The van der Waals surface area contributed by atoms with E-state index in [-0.39, 0.29) is 18.2 Å². The van der Waals surface area contributed by atoms with E-state index in [1.165, 1.54) is 0 Å². The predicted octanol–water partition coefficient (Wildman–Crippen LogP) is 1.60. The summed E-state index contributed by atoms with van der Waals surface area (Å²) in [6.45, 7) is 1.97. The zero-order valence-corrected chi connectivity index (χ0v) is 11.3. The smallest absolute Gasteiger partial charge is 0.273 e. The van der Waals surface area contributed by atoms with Crippen molar-refractivity contribution in [3.63, 3.8) is 0 Å². The van der Waals surface area contributed by atoms with Crippen LogP contribution in [-0.4, -0.2) is 11.8 Å². The summed E-state index contributed by atoms with van der Waals surface area (Å²) in [5.41, 5.74) is 7.07. The van der Waals surface area contributed by atoms with Crippen LogP contribution in [0.1, 0.15) is 12.0 Å². The summed E-state index contributed by atoms with van der Waals surface area (Å²) in [7, 11) is 0. The Balaban J connectivity index is 2.09. The number of carbonyl (C=O) groups is 2. The number of hydrazine groups is 1. The van der Waals surface area contributed by atoms with Gasteiger partial charge in [-0.15, -0.1) is 0 Å². The normalized spacial score (nSPS) is 14.3. The molecule has 0 unspecified atom stereocenters. The minimum atomic E-state index is -0.292. The topological polar surface area (TPSA) is 70.2 Å². The van der Waals surface area contributed by atoms with Gasteiger partial charge in [-0.3, -0.25) is 20.4 Å². The highest BCUT2D eigenvalue weighted by atomic mass is 79.9. The van der Waals surface area contributed by atoms with Crippen LogP contribution < -0.4 is 16.2 Å². The first-order valence-corrected chi connectivity index (χ1v) is 6.18. The Hall–Kier alpha value is -1.82. The molecule has 18 heavy (non-hydrogen) atoms. The number of rotatable bonds is 2. The Bertz CT molecular complexity index is 540. The number of hydrogen-bond donors (Lipinski definition) is 3. The zero-order chi connectivity index (χ0) is 13.1. The number of amides is 2. The molecule has 1 aliphatic heterocycles. The van der Waals surface area contributed by atoms with Gasteiger partial charge < -0.3 is 5.32 Å². The number of hydrogen-bond acceptors (Lipinski definition) is 3. The van der Waals surface area contributed by atoms with Gasteiger partial charge in [-0.1, -0.05) is 6.07 Å². The highest BCUT2D eigenvalue weighted by molar-refractivity contribution is 9.10. The van der Waals surface area contributed by atoms with Crippen LogP contribution in [0.3, 0.4) is 0 Å². The van der Waals surface area contributed by atoms with Crippen molar-refractivity contribution in [2.24, 2.45) is 0 Å². The third-order valence-electron chi connectivity index (χ3n) is 2.45. The first-order valence-electron chi connectivity index (χ1n) is 5.39. The largest absolute Gasteiger partial charge is 0.320 e. The SMILES string of the molecule is Cc1ccc(NC(=O)C2=CCC(=O)NN2)c(Br)c1. The lowest BCUT2D eigenvalue weighted by Crippen LogP contribution is -2.43. The van der Waals surface area contributed by atoms with E-state index in [1.54, 1.807) is 6.08 Å². The van der Waals surface area contributed by atoms with Gasteiger partial charge in [0.15, 0.2) is 0 Å².